The molecule has 0 amide bonds. The molecule has 2 aromatic carbocycles. The van der Waals surface area contributed by atoms with Crippen molar-refractivity contribution in [3.63, 3.8) is 0 Å². The number of aliphatic hydroxyl groups excluding tert-OH is 1. The second kappa shape index (κ2) is 8.23. The average Bonchev–Trinajstić information content (AvgIpc) is 3.03. The molecule has 134 valence electrons. The van der Waals surface area contributed by atoms with E-state index in [-0.39, 0.29) is 12.1 Å². The summed E-state index contributed by atoms with van der Waals surface area (Å²) in [6, 6.07) is 15.8. The van der Waals surface area contributed by atoms with E-state index in [1.54, 1.807) is 14.2 Å². The highest BCUT2D eigenvalue weighted by atomic mass is 16.5. The van der Waals surface area contributed by atoms with E-state index in [1.165, 1.54) is 0 Å². The molecule has 1 fully saturated rings. The Bertz CT molecular complexity index is 691. The van der Waals surface area contributed by atoms with Crippen molar-refractivity contribution in [2.24, 2.45) is 0 Å². The third-order valence-corrected chi connectivity index (χ3v) is 4.57. The molecule has 5 nitrogen and oxygen atoms in total. The zero-order valence-corrected chi connectivity index (χ0v) is 14.7. The summed E-state index contributed by atoms with van der Waals surface area (Å²) in [6.45, 7) is 1.92. The van der Waals surface area contributed by atoms with E-state index in [1.807, 2.05) is 42.5 Å². The molecule has 1 aliphatic heterocycles. The van der Waals surface area contributed by atoms with Gasteiger partial charge in [-0.3, -0.25) is 4.90 Å². The van der Waals surface area contributed by atoms with Gasteiger partial charge in [0.25, 0.3) is 0 Å². The standard InChI is InChI=1S/C20H25NO4/c1-23-17-7-5-6-15(12-17)18-13-16(22)14-21(18)10-11-25-20-9-4-3-8-19(20)24-2/h3-9,12,16,18,22H,10-11,13-14H2,1-2H3/t16-,18+/m1/s1. The Balaban J connectivity index is 1.64. The number of ether oxygens (including phenoxy) is 3. The molecule has 0 radical (unpaired) electrons. The monoisotopic (exact) mass is 343 g/mol. The fourth-order valence-electron chi connectivity index (χ4n) is 3.33. The summed E-state index contributed by atoms with van der Waals surface area (Å²) in [7, 11) is 3.30. The van der Waals surface area contributed by atoms with Crippen molar-refractivity contribution in [1.29, 1.82) is 0 Å². The molecule has 0 spiro atoms. The normalized spacial score (nSPS) is 20.4. The lowest BCUT2D eigenvalue weighted by Gasteiger charge is -2.25. The molecule has 3 rings (SSSR count). The van der Waals surface area contributed by atoms with Crippen LogP contribution >= 0.6 is 0 Å². The quantitative estimate of drug-likeness (QED) is 0.838. The van der Waals surface area contributed by atoms with Crippen LogP contribution in [0.1, 0.15) is 18.0 Å². The Morgan fingerprint density at radius 3 is 2.60 bits per heavy atom. The van der Waals surface area contributed by atoms with Crippen LogP contribution in [-0.2, 0) is 0 Å². The fourth-order valence-corrected chi connectivity index (χ4v) is 3.33. The molecule has 0 bridgehead atoms. The Morgan fingerprint density at radius 1 is 1.04 bits per heavy atom. The highest BCUT2D eigenvalue weighted by Crippen LogP contribution is 2.33. The number of aliphatic hydroxyl groups is 1. The smallest absolute Gasteiger partial charge is 0.161 e. The minimum Gasteiger partial charge on any atom is -0.497 e. The van der Waals surface area contributed by atoms with Gasteiger partial charge in [-0.05, 0) is 36.2 Å². The second-order valence-electron chi connectivity index (χ2n) is 6.18. The number of methoxy groups -OCH3 is 2. The maximum atomic E-state index is 10.1. The van der Waals surface area contributed by atoms with Crippen molar-refractivity contribution >= 4 is 0 Å². The summed E-state index contributed by atoms with van der Waals surface area (Å²) >= 11 is 0. The van der Waals surface area contributed by atoms with Crippen molar-refractivity contribution in [2.75, 3.05) is 33.9 Å². The predicted molar refractivity (Wildman–Crippen MR) is 96.4 cm³/mol. The number of nitrogens with zero attached hydrogens (tertiary/aromatic N) is 1. The Morgan fingerprint density at radius 2 is 1.84 bits per heavy atom. The Hall–Kier alpha value is -2.24. The largest absolute Gasteiger partial charge is 0.497 e. The first-order chi connectivity index (χ1) is 12.2. The van der Waals surface area contributed by atoms with Crippen LogP contribution in [0.4, 0.5) is 0 Å². The molecule has 2 aromatic rings. The van der Waals surface area contributed by atoms with Crippen molar-refractivity contribution in [3.05, 3.63) is 54.1 Å². The third kappa shape index (κ3) is 4.24. The minimum atomic E-state index is -0.317. The van der Waals surface area contributed by atoms with Gasteiger partial charge >= 0.3 is 0 Å². The average molecular weight is 343 g/mol. The van der Waals surface area contributed by atoms with Crippen molar-refractivity contribution < 1.29 is 19.3 Å². The molecule has 0 aliphatic carbocycles. The van der Waals surface area contributed by atoms with E-state index in [0.717, 1.165) is 35.8 Å². The predicted octanol–water partition coefficient (Wildman–Crippen LogP) is 2.89. The summed E-state index contributed by atoms with van der Waals surface area (Å²) in [4.78, 5) is 2.26. The maximum absolute atomic E-state index is 10.1. The number of likely N-dealkylation sites (tertiary alicyclic amines) is 1. The topological polar surface area (TPSA) is 51.2 Å². The first-order valence-corrected chi connectivity index (χ1v) is 8.53. The number of hydrogen-bond donors (Lipinski definition) is 1. The van der Waals surface area contributed by atoms with Crippen LogP contribution in [0.25, 0.3) is 0 Å². The Labute approximate surface area is 148 Å². The molecule has 0 saturated carbocycles. The second-order valence-corrected chi connectivity index (χ2v) is 6.18. The number of β-amino-alcohol motifs (C(OH)–C–C–N with tert-alkyl or cyclic N) is 1. The summed E-state index contributed by atoms with van der Waals surface area (Å²) in [5.41, 5.74) is 1.16. The van der Waals surface area contributed by atoms with Crippen LogP contribution in [-0.4, -0.2) is 50.0 Å². The molecule has 0 unspecified atom stereocenters. The molecule has 0 aromatic heterocycles. The molecule has 5 heteroatoms. The first-order valence-electron chi connectivity index (χ1n) is 8.53. The minimum absolute atomic E-state index is 0.173. The lowest BCUT2D eigenvalue weighted by atomic mass is 10.0. The fraction of sp³-hybridized carbons (Fsp3) is 0.400. The molecular weight excluding hydrogens is 318 g/mol. The van der Waals surface area contributed by atoms with Gasteiger partial charge in [0.2, 0.25) is 0 Å². The van der Waals surface area contributed by atoms with Crippen LogP contribution in [0.15, 0.2) is 48.5 Å². The molecule has 1 saturated heterocycles. The van der Waals surface area contributed by atoms with E-state index in [9.17, 15) is 5.11 Å². The molecule has 2 atom stereocenters. The van der Waals surface area contributed by atoms with Gasteiger partial charge in [0.05, 0.1) is 20.3 Å². The molecule has 25 heavy (non-hydrogen) atoms. The zero-order chi connectivity index (χ0) is 17.6. The van der Waals surface area contributed by atoms with Crippen LogP contribution in [0, 0.1) is 0 Å². The summed E-state index contributed by atoms with van der Waals surface area (Å²) in [5.74, 6) is 2.31. The lowest BCUT2D eigenvalue weighted by Crippen LogP contribution is -2.29. The summed E-state index contributed by atoms with van der Waals surface area (Å²) < 4.78 is 16.5. The van der Waals surface area contributed by atoms with Gasteiger partial charge in [-0.15, -0.1) is 0 Å². The molecule has 1 heterocycles. The van der Waals surface area contributed by atoms with Crippen LogP contribution < -0.4 is 14.2 Å². The third-order valence-electron chi connectivity index (χ3n) is 4.57. The molecule has 1 N–H and O–H groups in total. The van der Waals surface area contributed by atoms with Gasteiger partial charge in [-0.2, -0.15) is 0 Å². The van der Waals surface area contributed by atoms with Crippen molar-refractivity contribution in [3.8, 4) is 17.2 Å². The van der Waals surface area contributed by atoms with Gasteiger partial charge in [-0.1, -0.05) is 24.3 Å². The van der Waals surface area contributed by atoms with E-state index < -0.39 is 0 Å². The molecule has 1 aliphatic rings. The zero-order valence-electron chi connectivity index (χ0n) is 14.7. The maximum Gasteiger partial charge on any atom is 0.161 e. The van der Waals surface area contributed by atoms with Gasteiger partial charge in [0.1, 0.15) is 12.4 Å². The SMILES string of the molecule is COc1cccc([C@@H]2C[C@@H](O)CN2CCOc2ccccc2OC)c1. The number of benzene rings is 2. The van der Waals surface area contributed by atoms with Gasteiger partial charge in [0.15, 0.2) is 11.5 Å². The highest BCUT2D eigenvalue weighted by Gasteiger charge is 2.32. The Kier molecular flexibility index (Phi) is 5.79. The van der Waals surface area contributed by atoms with Crippen molar-refractivity contribution in [1.82, 2.24) is 4.90 Å². The van der Waals surface area contributed by atoms with Crippen LogP contribution in [0.2, 0.25) is 0 Å². The van der Waals surface area contributed by atoms with E-state index >= 15 is 0 Å². The van der Waals surface area contributed by atoms with E-state index in [0.29, 0.717) is 13.2 Å². The van der Waals surface area contributed by atoms with E-state index in [4.69, 9.17) is 14.2 Å². The van der Waals surface area contributed by atoms with Crippen molar-refractivity contribution in [2.45, 2.75) is 18.6 Å². The number of para-hydroxylation sites is 2. The number of hydrogen-bond acceptors (Lipinski definition) is 5. The molecular formula is C20H25NO4. The lowest BCUT2D eigenvalue weighted by molar-refractivity contribution is 0.160. The van der Waals surface area contributed by atoms with Crippen LogP contribution in [0.5, 0.6) is 17.2 Å². The highest BCUT2D eigenvalue weighted by molar-refractivity contribution is 5.39. The van der Waals surface area contributed by atoms with Crippen LogP contribution in [0.3, 0.4) is 0 Å². The summed E-state index contributed by atoms with van der Waals surface area (Å²) in [6.07, 6.45) is 0.407. The number of rotatable bonds is 7. The van der Waals surface area contributed by atoms with Gasteiger partial charge in [-0.25, -0.2) is 0 Å². The van der Waals surface area contributed by atoms with Gasteiger partial charge in [0, 0.05) is 19.1 Å². The van der Waals surface area contributed by atoms with Gasteiger partial charge < -0.3 is 19.3 Å². The van der Waals surface area contributed by atoms with E-state index in [2.05, 4.69) is 11.0 Å². The first kappa shape index (κ1) is 17.6. The summed E-state index contributed by atoms with van der Waals surface area (Å²) in [5, 5.41) is 10.1.